The summed E-state index contributed by atoms with van der Waals surface area (Å²) in [5.74, 6) is 0.936. The number of ether oxygens (including phenoxy) is 1. The van der Waals surface area contributed by atoms with Gasteiger partial charge >= 0.3 is 0 Å². The predicted octanol–water partition coefficient (Wildman–Crippen LogP) is 3.68. The Morgan fingerprint density at radius 2 is 2.23 bits per heavy atom. The zero-order valence-electron chi connectivity index (χ0n) is 7.52. The maximum absolute atomic E-state index is 5.88. The van der Waals surface area contributed by atoms with Gasteiger partial charge in [-0.05, 0) is 37.1 Å². The SMILES string of the molecule is CCOc1ccc(Cl)cc1CCBr. The van der Waals surface area contributed by atoms with E-state index in [0.717, 1.165) is 28.1 Å². The van der Waals surface area contributed by atoms with Crippen LogP contribution >= 0.6 is 27.5 Å². The fourth-order valence-corrected chi connectivity index (χ4v) is 1.76. The molecule has 1 rings (SSSR count). The maximum Gasteiger partial charge on any atom is 0.122 e. The van der Waals surface area contributed by atoms with Gasteiger partial charge in [-0.1, -0.05) is 27.5 Å². The van der Waals surface area contributed by atoms with Gasteiger partial charge in [0.25, 0.3) is 0 Å². The Morgan fingerprint density at radius 3 is 2.85 bits per heavy atom. The molecule has 0 N–H and O–H groups in total. The van der Waals surface area contributed by atoms with Crippen molar-refractivity contribution in [1.82, 2.24) is 0 Å². The highest BCUT2D eigenvalue weighted by molar-refractivity contribution is 9.09. The van der Waals surface area contributed by atoms with E-state index in [-0.39, 0.29) is 0 Å². The van der Waals surface area contributed by atoms with Crippen LogP contribution in [0.25, 0.3) is 0 Å². The number of aryl methyl sites for hydroxylation is 1. The van der Waals surface area contributed by atoms with E-state index in [4.69, 9.17) is 16.3 Å². The highest BCUT2D eigenvalue weighted by Gasteiger charge is 2.02. The van der Waals surface area contributed by atoms with E-state index in [9.17, 15) is 0 Å². The van der Waals surface area contributed by atoms with Gasteiger partial charge in [0.05, 0.1) is 6.61 Å². The molecule has 0 saturated carbocycles. The van der Waals surface area contributed by atoms with Crippen molar-refractivity contribution in [2.75, 3.05) is 11.9 Å². The van der Waals surface area contributed by atoms with Gasteiger partial charge in [0, 0.05) is 10.4 Å². The number of hydrogen-bond acceptors (Lipinski definition) is 1. The first-order chi connectivity index (χ1) is 6.27. The van der Waals surface area contributed by atoms with Crippen molar-refractivity contribution in [2.45, 2.75) is 13.3 Å². The average Bonchev–Trinajstić information content (AvgIpc) is 2.10. The monoisotopic (exact) mass is 262 g/mol. The topological polar surface area (TPSA) is 9.23 Å². The lowest BCUT2D eigenvalue weighted by Gasteiger charge is -2.08. The molecular formula is C10H12BrClO. The quantitative estimate of drug-likeness (QED) is 0.753. The fraction of sp³-hybridized carbons (Fsp3) is 0.400. The minimum absolute atomic E-state index is 0.691. The van der Waals surface area contributed by atoms with Gasteiger partial charge in [-0.3, -0.25) is 0 Å². The van der Waals surface area contributed by atoms with Crippen LogP contribution in [0.15, 0.2) is 18.2 Å². The van der Waals surface area contributed by atoms with E-state index >= 15 is 0 Å². The van der Waals surface area contributed by atoms with Gasteiger partial charge in [0.1, 0.15) is 5.75 Å². The first-order valence-corrected chi connectivity index (χ1v) is 5.75. The van der Waals surface area contributed by atoms with Gasteiger partial charge in [0.2, 0.25) is 0 Å². The molecular weight excluding hydrogens is 251 g/mol. The lowest BCUT2D eigenvalue weighted by Crippen LogP contribution is -1.97. The molecule has 1 aromatic rings. The normalized spacial score (nSPS) is 10.1. The van der Waals surface area contributed by atoms with E-state index in [1.54, 1.807) is 0 Å². The molecule has 0 radical (unpaired) electrons. The molecule has 0 saturated heterocycles. The summed E-state index contributed by atoms with van der Waals surface area (Å²) in [4.78, 5) is 0. The molecule has 1 nitrogen and oxygen atoms in total. The molecule has 3 heteroatoms. The van der Waals surface area contributed by atoms with Crippen LogP contribution in [-0.4, -0.2) is 11.9 Å². The summed E-state index contributed by atoms with van der Waals surface area (Å²) in [5.41, 5.74) is 1.16. The van der Waals surface area contributed by atoms with Gasteiger partial charge in [-0.25, -0.2) is 0 Å². The van der Waals surface area contributed by atoms with Crippen LogP contribution in [0.5, 0.6) is 5.75 Å². The molecule has 72 valence electrons. The predicted molar refractivity (Wildman–Crippen MR) is 60.1 cm³/mol. The molecule has 0 atom stereocenters. The van der Waals surface area contributed by atoms with Gasteiger partial charge in [0.15, 0.2) is 0 Å². The van der Waals surface area contributed by atoms with Crippen LogP contribution in [0.4, 0.5) is 0 Å². The molecule has 0 amide bonds. The molecule has 0 aromatic heterocycles. The molecule has 0 unspecified atom stereocenters. The third-order valence-corrected chi connectivity index (χ3v) is 2.32. The molecule has 0 fully saturated rings. The average molecular weight is 264 g/mol. The van der Waals surface area contributed by atoms with Crippen molar-refractivity contribution < 1.29 is 4.74 Å². The lowest BCUT2D eigenvalue weighted by atomic mass is 10.1. The highest BCUT2D eigenvalue weighted by atomic mass is 79.9. The number of rotatable bonds is 4. The highest BCUT2D eigenvalue weighted by Crippen LogP contribution is 2.23. The van der Waals surface area contributed by atoms with Crippen molar-refractivity contribution in [2.24, 2.45) is 0 Å². The Hall–Kier alpha value is -0.210. The number of halogens is 2. The summed E-state index contributed by atoms with van der Waals surface area (Å²) in [7, 11) is 0. The molecule has 13 heavy (non-hydrogen) atoms. The van der Waals surface area contributed by atoms with Crippen LogP contribution in [0.1, 0.15) is 12.5 Å². The second-order valence-electron chi connectivity index (χ2n) is 2.62. The van der Waals surface area contributed by atoms with Crippen LogP contribution in [0.3, 0.4) is 0 Å². The van der Waals surface area contributed by atoms with Crippen molar-refractivity contribution in [1.29, 1.82) is 0 Å². The van der Waals surface area contributed by atoms with Crippen LogP contribution in [-0.2, 0) is 6.42 Å². The van der Waals surface area contributed by atoms with Crippen molar-refractivity contribution in [3.8, 4) is 5.75 Å². The second-order valence-corrected chi connectivity index (χ2v) is 3.85. The number of alkyl halides is 1. The van der Waals surface area contributed by atoms with E-state index in [1.807, 2.05) is 25.1 Å². The van der Waals surface area contributed by atoms with E-state index in [2.05, 4.69) is 15.9 Å². The Kier molecular flexibility index (Phi) is 4.60. The minimum Gasteiger partial charge on any atom is -0.494 e. The number of benzene rings is 1. The summed E-state index contributed by atoms with van der Waals surface area (Å²) in [6, 6.07) is 5.72. The minimum atomic E-state index is 0.691. The zero-order valence-corrected chi connectivity index (χ0v) is 9.86. The fourth-order valence-electron chi connectivity index (χ4n) is 1.14. The number of hydrogen-bond donors (Lipinski definition) is 0. The smallest absolute Gasteiger partial charge is 0.122 e. The van der Waals surface area contributed by atoms with E-state index < -0.39 is 0 Å². The van der Waals surface area contributed by atoms with E-state index in [0.29, 0.717) is 6.61 Å². The molecule has 0 aliphatic carbocycles. The Balaban J connectivity index is 2.89. The summed E-state index contributed by atoms with van der Waals surface area (Å²) >= 11 is 9.28. The van der Waals surface area contributed by atoms with Crippen LogP contribution < -0.4 is 4.74 Å². The van der Waals surface area contributed by atoms with Crippen molar-refractivity contribution in [3.05, 3.63) is 28.8 Å². The third kappa shape index (κ3) is 3.20. The third-order valence-electron chi connectivity index (χ3n) is 1.69. The van der Waals surface area contributed by atoms with Crippen molar-refractivity contribution in [3.63, 3.8) is 0 Å². The summed E-state index contributed by atoms with van der Waals surface area (Å²) < 4.78 is 5.47. The lowest BCUT2D eigenvalue weighted by molar-refractivity contribution is 0.337. The van der Waals surface area contributed by atoms with Crippen LogP contribution in [0, 0.1) is 0 Å². The van der Waals surface area contributed by atoms with Gasteiger partial charge in [-0.2, -0.15) is 0 Å². The Bertz CT molecular complexity index is 276. The molecule has 0 aliphatic rings. The summed E-state index contributed by atoms with van der Waals surface area (Å²) in [6.07, 6.45) is 0.940. The van der Waals surface area contributed by atoms with Crippen molar-refractivity contribution >= 4 is 27.5 Å². The molecule has 0 bridgehead atoms. The van der Waals surface area contributed by atoms with E-state index in [1.165, 1.54) is 0 Å². The van der Waals surface area contributed by atoms with Gasteiger partial charge < -0.3 is 4.74 Å². The molecule has 1 aromatic carbocycles. The molecule has 0 heterocycles. The molecule has 0 spiro atoms. The van der Waals surface area contributed by atoms with Crippen LogP contribution in [0.2, 0.25) is 5.02 Å². The van der Waals surface area contributed by atoms with Gasteiger partial charge in [-0.15, -0.1) is 0 Å². The maximum atomic E-state index is 5.88. The first-order valence-electron chi connectivity index (χ1n) is 4.25. The standard InChI is InChI=1S/C10H12BrClO/c1-2-13-10-4-3-9(12)7-8(10)5-6-11/h3-4,7H,2,5-6H2,1H3. The Labute approximate surface area is 92.2 Å². The Morgan fingerprint density at radius 1 is 1.46 bits per heavy atom. The summed E-state index contributed by atoms with van der Waals surface area (Å²) in [5, 5.41) is 1.69. The largest absolute Gasteiger partial charge is 0.494 e. The second kappa shape index (κ2) is 5.51. The molecule has 0 aliphatic heterocycles. The zero-order chi connectivity index (χ0) is 9.68. The first kappa shape index (κ1) is 10.9. The summed E-state index contributed by atoms with van der Waals surface area (Å²) in [6.45, 7) is 2.67.